The first-order valence-electron chi connectivity index (χ1n) is 7.80. The molecule has 1 saturated carbocycles. The summed E-state index contributed by atoms with van der Waals surface area (Å²) in [6, 6.07) is 9.70. The standard InChI is InChI=1S/C17H28N2OS/c1-13(14-4-5-14)19(10-11-20-2)17(12-18)15-6-8-16(21-3)9-7-15/h6-9,13-14,17H,4-5,10-12,18H2,1-3H3. The van der Waals surface area contributed by atoms with Crippen molar-refractivity contribution in [1.82, 2.24) is 4.90 Å². The van der Waals surface area contributed by atoms with E-state index in [0.29, 0.717) is 12.6 Å². The highest BCUT2D eigenvalue weighted by atomic mass is 32.2. The monoisotopic (exact) mass is 308 g/mol. The summed E-state index contributed by atoms with van der Waals surface area (Å²) in [6.07, 6.45) is 4.82. The summed E-state index contributed by atoms with van der Waals surface area (Å²) in [6.45, 7) is 4.70. The molecule has 0 aromatic heterocycles. The maximum atomic E-state index is 6.12. The van der Waals surface area contributed by atoms with Gasteiger partial charge in [-0.05, 0) is 49.6 Å². The van der Waals surface area contributed by atoms with Gasteiger partial charge in [0.25, 0.3) is 0 Å². The Balaban J connectivity index is 2.15. The fourth-order valence-corrected chi connectivity index (χ4v) is 3.39. The molecule has 0 saturated heterocycles. The van der Waals surface area contributed by atoms with Crippen LogP contribution in [0.4, 0.5) is 0 Å². The largest absolute Gasteiger partial charge is 0.383 e. The normalized spacial score (nSPS) is 18.0. The third-order valence-corrected chi connectivity index (χ3v) is 5.25. The summed E-state index contributed by atoms with van der Waals surface area (Å²) in [5, 5.41) is 0. The predicted molar refractivity (Wildman–Crippen MR) is 90.8 cm³/mol. The molecule has 1 aromatic rings. The molecule has 2 N–H and O–H groups in total. The van der Waals surface area contributed by atoms with Crippen LogP contribution in [0.25, 0.3) is 0 Å². The summed E-state index contributed by atoms with van der Waals surface area (Å²) < 4.78 is 5.30. The fourth-order valence-electron chi connectivity index (χ4n) is 2.98. The molecule has 1 aliphatic carbocycles. The molecule has 0 aliphatic heterocycles. The zero-order valence-electron chi connectivity index (χ0n) is 13.4. The van der Waals surface area contributed by atoms with E-state index in [0.717, 1.165) is 19.1 Å². The lowest BCUT2D eigenvalue weighted by molar-refractivity contribution is 0.0834. The summed E-state index contributed by atoms with van der Waals surface area (Å²) in [5.41, 5.74) is 7.44. The quantitative estimate of drug-likeness (QED) is 0.711. The van der Waals surface area contributed by atoms with Gasteiger partial charge in [-0.25, -0.2) is 0 Å². The topological polar surface area (TPSA) is 38.5 Å². The van der Waals surface area contributed by atoms with Crippen molar-refractivity contribution in [2.75, 3.05) is 33.1 Å². The van der Waals surface area contributed by atoms with E-state index >= 15 is 0 Å². The van der Waals surface area contributed by atoms with Gasteiger partial charge in [0.1, 0.15) is 0 Å². The van der Waals surface area contributed by atoms with Crippen LogP contribution in [0.2, 0.25) is 0 Å². The van der Waals surface area contributed by atoms with Crippen LogP contribution in [0.15, 0.2) is 29.2 Å². The van der Waals surface area contributed by atoms with Gasteiger partial charge in [0.15, 0.2) is 0 Å². The van der Waals surface area contributed by atoms with Crippen molar-refractivity contribution >= 4 is 11.8 Å². The Morgan fingerprint density at radius 2 is 2.00 bits per heavy atom. The Labute approximate surface area is 133 Å². The zero-order valence-corrected chi connectivity index (χ0v) is 14.2. The highest BCUT2D eigenvalue weighted by molar-refractivity contribution is 7.98. The van der Waals surface area contributed by atoms with E-state index in [1.54, 1.807) is 18.9 Å². The summed E-state index contributed by atoms with van der Waals surface area (Å²) in [7, 11) is 1.77. The van der Waals surface area contributed by atoms with Crippen LogP contribution in [0.5, 0.6) is 0 Å². The van der Waals surface area contributed by atoms with Crippen LogP contribution < -0.4 is 5.73 Å². The van der Waals surface area contributed by atoms with Gasteiger partial charge < -0.3 is 10.5 Å². The first-order chi connectivity index (χ1) is 10.2. The van der Waals surface area contributed by atoms with Crippen molar-refractivity contribution in [2.45, 2.75) is 36.7 Å². The van der Waals surface area contributed by atoms with Crippen molar-refractivity contribution in [2.24, 2.45) is 11.7 Å². The molecule has 2 rings (SSSR count). The van der Waals surface area contributed by atoms with E-state index < -0.39 is 0 Å². The van der Waals surface area contributed by atoms with Crippen LogP contribution in [0.3, 0.4) is 0 Å². The number of ether oxygens (including phenoxy) is 1. The van der Waals surface area contributed by atoms with Gasteiger partial charge in [-0.1, -0.05) is 12.1 Å². The van der Waals surface area contributed by atoms with Gasteiger partial charge in [-0.15, -0.1) is 11.8 Å². The maximum Gasteiger partial charge on any atom is 0.0590 e. The molecule has 3 nitrogen and oxygen atoms in total. The molecule has 2 atom stereocenters. The first kappa shape index (κ1) is 16.8. The number of methoxy groups -OCH3 is 1. The molecule has 0 amide bonds. The summed E-state index contributed by atoms with van der Waals surface area (Å²) in [5.74, 6) is 0.835. The second-order valence-corrected chi connectivity index (χ2v) is 6.71. The molecule has 1 fully saturated rings. The Morgan fingerprint density at radius 3 is 2.48 bits per heavy atom. The summed E-state index contributed by atoms with van der Waals surface area (Å²) in [4.78, 5) is 3.84. The second kappa shape index (κ2) is 8.18. The Kier molecular flexibility index (Phi) is 6.55. The van der Waals surface area contributed by atoms with Gasteiger partial charge in [0, 0.05) is 37.2 Å². The number of nitrogens with two attached hydrogens (primary N) is 1. The average molecular weight is 308 g/mol. The minimum absolute atomic E-state index is 0.284. The number of rotatable bonds is 9. The Hall–Kier alpha value is -0.550. The van der Waals surface area contributed by atoms with Gasteiger partial charge in [0.05, 0.1) is 6.61 Å². The highest BCUT2D eigenvalue weighted by Gasteiger charge is 2.35. The molecule has 2 unspecified atom stereocenters. The van der Waals surface area contributed by atoms with Gasteiger partial charge in [-0.3, -0.25) is 4.90 Å². The zero-order chi connectivity index (χ0) is 15.2. The van der Waals surface area contributed by atoms with Gasteiger partial charge in [0.2, 0.25) is 0 Å². The smallest absolute Gasteiger partial charge is 0.0590 e. The maximum absolute atomic E-state index is 6.12. The average Bonchev–Trinajstić information content (AvgIpc) is 3.36. The van der Waals surface area contributed by atoms with Crippen molar-refractivity contribution in [1.29, 1.82) is 0 Å². The van der Waals surface area contributed by atoms with E-state index in [-0.39, 0.29) is 6.04 Å². The molecule has 1 aliphatic rings. The molecule has 0 bridgehead atoms. The molecule has 1 aromatic carbocycles. The van der Waals surface area contributed by atoms with E-state index in [2.05, 4.69) is 42.3 Å². The molecule has 21 heavy (non-hydrogen) atoms. The van der Waals surface area contributed by atoms with Crippen LogP contribution >= 0.6 is 11.8 Å². The van der Waals surface area contributed by atoms with Crippen molar-refractivity contribution in [3.8, 4) is 0 Å². The third-order valence-electron chi connectivity index (χ3n) is 4.51. The highest BCUT2D eigenvalue weighted by Crippen LogP contribution is 2.38. The van der Waals surface area contributed by atoms with Gasteiger partial charge in [-0.2, -0.15) is 0 Å². The second-order valence-electron chi connectivity index (χ2n) is 5.83. The lowest BCUT2D eigenvalue weighted by Crippen LogP contribution is -2.43. The predicted octanol–water partition coefficient (Wildman–Crippen LogP) is 3.16. The number of nitrogens with zero attached hydrogens (tertiary/aromatic N) is 1. The molecule has 118 valence electrons. The molecule has 0 spiro atoms. The van der Waals surface area contributed by atoms with E-state index in [4.69, 9.17) is 10.5 Å². The number of hydrogen-bond acceptors (Lipinski definition) is 4. The van der Waals surface area contributed by atoms with Crippen LogP contribution in [-0.2, 0) is 4.74 Å². The Bertz CT molecular complexity index is 419. The van der Waals surface area contributed by atoms with Crippen molar-refractivity contribution in [3.05, 3.63) is 29.8 Å². The Morgan fingerprint density at radius 1 is 1.33 bits per heavy atom. The number of thioether (sulfide) groups is 1. The molecule has 0 heterocycles. The van der Waals surface area contributed by atoms with E-state index in [1.807, 2.05) is 0 Å². The summed E-state index contributed by atoms with van der Waals surface area (Å²) >= 11 is 1.78. The van der Waals surface area contributed by atoms with Crippen molar-refractivity contribution < 1.29 is 4.74 Å². The lowest BCUT2D eigenvalue weighted by atomic mass is 10.0. The van der Waals surface area contributed by atoms with Crippen LogP contribution in [0.1, 0.15) is 31.4 Å². The fraction of sp³-hybridized carbons (Fsp3) is 0.647. The molecule has 4 heteroatoms. The SMILES string of the molecule is COCCN(C(CN)c1ccc(SC)cc1)C(C)C1CC1. The lowest BCUT2D eigenvalue weighted by Gasteiger charge is -2.36. The van der Waals surface area contributed by atoms with E-state index in [1.165, 1.54) is 23.3 Å². The molecule has 0 radical (unpaired) electrons. The van der Waals surface area contributed by atoms with Crippen LogP contribution in [0, 0.1) is 5.92 Å². The number of hydrogen-bond donors (Lipinski definition) is 1. The van der Waals surface area contributed by atoms with Gasteiger partial charge >= 0.3 is 0 Å². The molecular weight excluding hydrogens is 280 g/mol. The van der Waals surface area contributed by atoms with E-state index in [9.17, 15) is 0 Å². The third kappa shape index (κ3) is 4.46. The number of benzene rings is 1. The van der Waals surface area contributed by atoms with Crippen molar-refractivity contribution in [3.63, 3.8) is 0 Å². The molecular formula is C17H28N2OS. The minimum Gasteiger partial charge on any atom is -0.383 e. The van der Waals surface area contributed by atoms with Crippen LogP contribution in [-0.4, -0.2) is 44.0 Å². The first-order valence-corrected chi connectivity index (χ1v) is 9.02. The minimum atomic E-state index is 0.284.